The van der Waals surface area contributed by atoms with Crippen LogP contribution in [0, 0.1) is 0 Å². The molecule has 0 aromatic heterocycles. The lowest BCUT2D eigenvalue weighted by molar-refractivity contribution is 0.234. The van der Waals surface area contributed by atoms with Gasteiger partial charge < -0.3 is 9.80 Å². The fraction of sp³-hybridized carbons (Fsp3) is 1.00. The van der Waals surface area contributed by atoms with Gasteiger partial charge in [-0.25, -0.2) is 0 Å². The summed E-state index contributed by atoms with van der Waals surface area (Å²) in [6.07, 6.45) is 1.27. The molecule has 0 aromatic rings. The molecule has 0 saturated carbocycles. The number of hydrogen-bond donors (Lipinski definition) is 0. The van der Waals surface area contributed by atoms with Crippen molar-refractivity contribution in [1.29, 1.82) is 0 Å². The molecule has 0 radical (unpaired) electrons. The molecule has 0 fully saturated rings. The van der Waals surface area contributed by atoms with Crippen LogP contribution in [-0.2, 0) is 0 Å². The van der Waals surface area contributed by atoms with Crippen molar-refractivity contribution >= 4 is 0 Å². The molecule has 0 N–H and O–H groups in total. The third-order valence-corrected chi connectivity index (χ3v) is 2.28. The van der Waals surface area contributed by atoms with E-state index in [2.05, 4.69) is 58.5 Å². The van der Waals surface area contributed by atoms with Gasteiger partial charge in [0.05, 0.1) is 0 Å². The second kappa shape index (κ2) is 17.3. The van der Waals surface area contributed by atoms with E-state index in [-0.39, 0.29) is 0 Å². The molecule has 0 aliphatic rings. The van der Waals surface area contributed by atoms with E-state index >= 15 is 0 Å². The minimum Gasteiger partial charge on any atom is -0.310 e. The molecule has 0 unspecified atom stereocenters. The maximum atomic E-state index is 2.47. The molecule has 0 aliphatic carbocycles. The first-order valence-corrected chi connectivity index (χ1v) is 6.88. The lowest BCUT2D eigenvalue weighted by Crippen LogP contribution is -2.31. The van der Waals surface area contributed by atoms with Gasteiger partial charge in [-0.05, 0) is 54.0 Å². The molecule has 0 spiro atoms. The van der Waals surface area contributed by atoms with E-state index in [9.17, 15) is 0 Å². The topological polar surface area (TPSA) is 6.48 Å². The van der Waals surface area contributed by atoms with E-state index in [1.54, 1.807) is 0 Å². The Balaban J connectivity index is -0.000000205. The molecule has 0 saturated heterocycles. The van der Waals surface area contributed by atoms with Crippen molar-refractivity contribution in [3.05, 3.63) is 0 Å². The second-order valence-electron chi connectivity index (χ2n) is 4.12. The van der Waals surface area contributed by atoms with E-state index in [0.717, 1.165) is 12.6 Å². The summed E-state index contributed by atoms with van der Waals surface area (Å²) in [5.41, 5.74) is 0. The molecule has 0 aromatic carbocycles. The van der Waals surface area contributed by atoms with Crippen LogP contribution in [0.3, 0.4) is 0 Å². The third kappa shape index (κ3) is 19.5. The van der Waals surface area contributed by atoms with Gasteiger partial charge in [0.25, 0.3) is 0 Å². The molecule has 0 atom stereocenters. The van der Waals surface area contributed by atoms with Crippen LogP contribution in [0.15, 0.2) is 0 Å². The van der Waals surface area contributed by atoms with Gasteiger partial charge in [0.2, 0.25) is 0 Å². The summed E-state index contributed by atoms with van der Waals surface area (Å²) in [7, 11) is 4.11. The molecule has 2 nitrogen and oxygen atoms in total. The SMILES string of the molecule is CC.CCCN(CC)C(C)C.CCN(C)C. The molecule has 2 heteroatoms. The minimum atomic E-state index is 0.718. The van der Waals surface area contributed by atoms with Crippen LogP contribution in [0.2, 0.25) is 0 Å². The lowest BCUT2D eigenvalue weighted by Gasteiger charge is -2.23. The Bertz CT molecular complexity index is 101. The Kier molecular flexibility index (Phi) is 23.0. The summed E-state index contributed by atoms with van der Waals surface area (Å²) in [5, 5.41) is 0. The fourth-order valence-corrected chi connectivity index (χ4v) is 1.07. The summed E-state index contributed by atoms with van der Waals surface area (Å²) in [6.45, 7) is 18.6. The Morgan fingerprint density at radius 3 is 1.31 bits per heavy atom. The van der Waals surface area contributed by atoms with Crippen LogP contribution in [0.4, 0.5) is 0 Å². The molecule has 0 amide bonds. The van der Waals surface area contributed by atoms with Gasteiger partial charge in [-0.3, -0.25) is 0 Å². The Labute approximate surface area is 105 Å². The number of nitrogens with zero attached hydrogens (tertiary/aromatic N) is 2. The molecular formula is C14H36N2. The highest BCUT2D eigenvalue weighted by atomic mass is 15.1. The minimum absolute atomic E-state index is 0.718. The average molecular weight is 232 g/mol. The maximum Gasteiger partial charge on any atom is 0.00384 e. The molecule has 0 heterocycles. The first-order chi connectivity index (χ1) is 7.49. The Morgan fingerprint density at radius 1 is 0.875 bits per heavy atom. The molecule has 16 heavy (non-hydrogen) atoms. The smallest absolute Gasteiger partial charge is 0.00384 e. The van der Waals surface area contributed by atoms with E-state index < -0.39 is 0 Å². The van der Waals surface area contributed by atoms with Crippen LogP contribution >= 0.6 is 0 Å². The van der Waals surface area contributed by atoms with Gasteiger partial charge in [-0.1, -0.05) is 34.6 Å². The van der Waals surface area contributed by atoms with Gasteiger partial charge in [-0.2, -0.15) is 0 Å². The summed E-state index contributed by atoms with van der Waals surface area (Å²) >= 11 is 0. The van der Waals surface area contributed by atoms with Crippen molar-refractivity contribution < 1.29 is 0 Å². The Hall–Kier alpha value is -0.0800. The number of hydrogen-bond acceptors (Lipinski definition) is 2. The first kappa shape index (κ1) is 21.2. The normalized spacial score (nSPS) is 9.75. The fourth-order valence-electron chi connectivity index (χ4n) is 1.07. The van der Waals surface area contributed by atoms with Crippen LogP contribution in [0.5, 0.6) is 0 Å². The van der Waals surface area contributed by atoms with Crippen molar-refractivity contribution in [1.82, 2.24) is 9.80 Å². The molecular weight excluding hydrogens is 196 g/mol. The third-order valence-electron chi connectivity index (χ3n) is 2.28. The van der Waals surface area contributed by atoms with E-state index in [4.69, 9.17) is 0 Å². The van der Waals surface area contributed by atoms with Crippen molar-refractivity contribution in [3.8, 4) is 0 Å². The van der Waals surface area contributed by atoms with Crippen molar-refractivity contribution in [2.24, 2.45) is 0 Å². The average Bonchev–Trinajstić information content (AvgIpc) is 2.28. The zero-order valence-electron chi connectivity index (χ0n) is 13.3. The maximum absolute atomic E-state index is 2.47. The van der Waals surface area contributed by atoms with Crippen molar-refractivity contribution in [2.75, 3.05) is 33.7 Å². The number of rotatable bonds is 5. The van der Waals surface area contributed by atoms with Crippen LogP contribution in [0.25, 0.3) is 0 Å². The summed E-state index contributed by atoms with van der Waals surface area (Å²) in [6, 6.07) is 0.718. The van der Waals surface area contributed by atoms with E-state index in [1.807, 2.05) is 13.8 Å². The quantitative estimate of drug-likeness (QED) is 0.713. The van der Waals surface area contributed by atoms with Gasteiger partial charge in [0.1, 0.15) is 0 Å². The predicted molar refractivity (Wildman–Crippen MR) is 78.3 cm³/mol. The standard InChI is InChI=1S/C8H19N.C4H11N.C2H6/c1-5-7-9(6-2)8(3)4;1-4-5(2)3;1-2/h8H,5-7H2,1-4H3;4H2,1-3H3;1-2H3. The summed E-state index contributed by atoms with van der Waals surface area (Å²) < 4.78 is 0. The summed E-state index contributed by atoms with van der Waals surface area (Å²) in [4.78, 5) is 4.60. The van der Waals surface area contributed by atoms with Crippen LogP contribution in [0.1, 0.15) is 54.9 Å². The van der Waals surface area contributed by atoms with Crippen molar-refractivity contribution in [3.63, 3.8) is 0 Å². The van der Waals surface area contributed by atoms with E-state index in [0.29, 0.717) is 0 Å². The first-order valence-electron chi connectivity index (χ1n) is 6.88. The Morgan fingerprint density at radius 2 is 1.25 bits per heavy atom. The highest BCUT2D eigenvalue weighted by Crippen LogP contribution is 1.97. The molecule has 0 rings (SSSR count). The van der Waals surface area contributed by atoms with Gasteiger partial charge >= 0.3 is 0 Å². The molecule has 0 aliphatic heterocycles. The zero-order chi connectivity index (χ0) is 13.6. The highest BCUT2D eigenvalue weighted by molar-refractivity contribution is 4.58. The van der Waals surface area contributed by atoms with Crippen LogP contribution in [-0.4, -0.2) is 49.6 Å². The van der Waals surface area contributed by atoms with Crippen molar-refractivity contribution in [2.45, 2.75) is 60.9 Å². The monoisotopic (exact) mass is 232 g/mol. The predicted octanol–water partition coefficient (Wildman–Crippen LogP) is 3.72. The molecule has 0 bridgehead atoms. The second-order valence-corrected chi connectivity index (χ2v) is 4.12. The summed E-state index contributed by atoms with van der Waals surface area (Å²) in [5.74, 6) is 0. The highest BCUT2D eigenvalue weighted by Gasteiger charge is 2.02. The largest absolute Gasteiger partial charge is 0.310 e. The van der Waals surface area contributed by atoms with Gasteiger partial charge in [-0.15, -0.1) is 0 Å². The zero-order valence-corrected chi connectivity index (χ0v) is 13.3. The lowest BCUT2D eigenvalue weighted by atomic mass is 10.3. The van der Waals surface area contributed by atoms with E-state index in [1.165, 1.54) is 19.5 Å². The van der Waals surface area contributed by atoms with Gasteiger partial charge in [0.15, 0.2) is 0 Å². The van der Waals surface area contributed by atoms with Crippen LogP contribution < -0.4 is 0 Å². The van der Waals surface area contributed by atoms with Gasteiger partial charge in [0, 0.05) is 6.04 Å². The molecule has 102 valence electrons.